The van der Waals surface area contributed by atoms with Gasteiger partial charge in [0.15, 0.2) is 5.78 Å². The van der Waals surface area contributed by atoms with Crippen LogP contribution in [0.5, 0.6) is 0 Å². The molecule has 49 heavy (non-hydrogen) atoms. The predicted octanol–water partition coefficient (Wildman–Crippen LogP) is 12.8. The summed E-state index contributed by atoms with van der Waals surface area (Å²) < 4.78 is 0. The molecular weight excluding hydrogens is 595 g/mol. The second-order valence-corrected chi connectivity index (χ2v) is 13.5. The van der Waals surface area contributed by atoms with E-state index < -0.39 is 0 Å². The summed E-state index contributed by atoms with van der Waals surface area (Å²) in [6.45, 7) is 8.13. The number of aryl methyl sites for hydroxylation is 2. The molecule has 0 N–H and O–H groups in total. The fourth-order valence-electron chi connectivity index (χ4n) is 8.02. The van der Waals surface area contributed by atoms with Crippen molar-refractivity contribution < 1.29 is 4.79 Å². The summed E-state index contributed by atoms with van der Waals surface area (Å²) >= 11 is 0. The number of hydrogen-bond acceptors (Lipinski definition) is 2. The monoisotopic (exact) mass is 629 g/mol. The number of anilines is 3. The Kier molecular flexibility index (Phi) is 6.57. The van der Waals surface area contributed by atoms with E-state index in [9.17, 15) is 4.79 Å². The molecular formula is C47H35NO. The SMILES string of the molecule is CC1=CC(=Cc2ccc3c4ccc(N(c5ccc(C)cc5)c5ccc(C)c6ccccc56)c5cccc(c6cccc2c63)c54)C=C(C)C1=O. The molecule has 0 heterocycles. The minimum absolute atomic E-state index is 0.120. The second-order valence-electron chi connectivity index (χ2n) is 13.5. The van der Waals surface area contributed by atoms with Gasteiger partial charge in [0.1, 0.15) is 0 Å². The van der Waals surface area contributed by atoms with Gasteiger partial charge in [-0.05, 0) is 141 Å². The Morgan fingerprint density at radius 1 is 0.469 bits per heavy atom. The minimum atomic E-state index is 0.120. The van der Waals surface area contributed by atoms with Crippen LogP contribution >= 0.6 is 0 Å². The maximum absolute atomic E-state index is 12.4. The van der Waals surface area contributed by atoms with E-state index in [1.807, 2.05) is 26.0 Å². The molecule has 0 spiro atoms. The molecule has 8 aromatic carbocycles. The highest BCUT2D eigenvalue weighted by atomic mass is 16.1. The number of nitrogens with zero attached hydrogens (tertiary/aromatic N) is 1. The molecule has 1 aliphatic carbocycles. The summed E-state index contributed by atoms with van der Waals surface area (Å²) in [7, 11) is 0. The molecule has 0 aliphatic heterocycles. The van der Waals surface area contributed by atoms with Crippen LogP contribution in [0.3, 0.4) is 0 Å². The Morgan fingerprint density at radius 3 is 1.71 bits per heavy atom. The first kappa shape index (κ1) is 29.2. The number of rotatable bonds is 4. The Hall–Kier alpha value is -5.99. The lowest BCUT2D eigenvalue weighted by atomic mass is 9.87. The molecule has 1 aliphatic rings. The average Bonchev–Trinajstić information content (AvgIpc) is 3.12. The van der Waals surface area contributed by atoms with Crippen LogP contribution in [0.4, 0.5) is 17.1 Å². The molecule has 0 radical (unpaired) electrons. The van der Waals surface area contributed by atoms with Gasteiger partial charge in [0.2, 0.25) is 0 Å². The van der Waals surface area contributed by atoms with Gasteiger partial charge in [-0.3, -0.25) is 4.79 Å². The zero-order valence-corrected chi connectivity index (χ0v) is 28.1. The number of allylic oxidation sites excluding steroid dienone is 5. The van der Waals surface area contributed by atoms with Crippen molar-refractivity contribution >= 4 is 82.8 Å². The summed E-state index contributed by atoms with van der Waals surface area (Å²) in [5.41, 5.74) is 9.74. The van der Waals surface area contributed by atoms with Gasteiger partial charge in [-0.1, -0.05) is 103 Å². The van der Waals surface area contributed by atoms with Crippen LogP contribution in [0, 0.1) is 13.8 Å². The number of carbonyl (C=O) groups excluding carboxylic acids is 1. The Balaban J connectivity index is 1.33. The van der Waals surface area contributed by atoms with E-state index in [1.165, 1.54) is 70.7 Å². The number of Topliss-reactive ketones (excluding diaryl/α,β-unsaturated/α-hetero) is 1. The summed E-state index contributed by atoms with van der Waals surface area (Å²) in [4.78, 5) is 14.9. The third-order valence-corrected chi connectivity index (χ3v) is 10.4. The van der Waals surface area contributed by atoms with Gasteiger partial charge >= 0.3 is 0 Å². The van der Waals surface area contributed by atoms with Crippen LogP contribution in [0.25, 0.3) is 59.9 Å². The summed E-state index contributed by atoms with van der Waals surface area (Å²) in [5.74, 6) is 0.120. The van der Waals surface area contributed by atoms with Crippen molar-refractivity contribution in [3.05, 3.63) is 167 Å². The summed E-state index contributed by atoms with van der Waals surface area (Å²) in [5, 5.41) is 12.5. The van der Waals surface area contributed by atoms with Crippen molar-refractivity contribution in [2.75, 3.05) is 4.90 Å². The van der Waals surface area contributed by atoms with Crippen molar-refractivity contribution in [2.24, 2.45) is 0 Å². The van der Waals surface area contributed by atoms with Gasteiger partial charge < -0.3 is 4.90 Å². The van der Waals surface area contributed by atoms with Crippen molar-refractivity contribution in [1.29, 1.82) is 0 Å². The van der Waals surface area contributed by atoms with E-state index in [2.05, 4.69) is 146 Å². The lowest BCUT2D eigenvalue weighted by molar-refractivity contribution is -0.112. The van der Waals surface area contributed by atoms with Crippen molar-refractivity contribution in [3.8, 4) is 0 Å². The van der Waals surface area contributed by atoms with E-state index in [-0.39, 0.29) is 5.78 Å². The van der Waals surface area contributed by atoms with Gasteiger partial charge in [-0.15, -0.1) is 0 Å². The van der Waals surface area contributed by atoms with E-state index >= 15 is 0 Å². The van der Waals surface area contributed by atoms with Gasteiger partial charge in [0, 0.05) is 16.5 Å². The molecule has 0 amide bonds. The number of carbonyl (C=O) groups is 1. The zero-order chi connectivity index (χ0) is 33.4. The van der Waals surface area contributed by atoms with Gasteiger partial charge in [0.05, 0.1) is 11.4 Å². The third kappa shape index (κ3) is 4.52. The topological polar surface area (TPSA) is 20.3 Å². The van der Waals surface area contributed by atoms with Crippen LogP contribution in [-0.2, 0) is 4.79 Å². The lowest BCUT2D eigenvalue weighted by Crippen LogP contribution is -2.11. The largest absolute Gasteiger partial charge is 0.309 e. The maximum Gasteiger partial charge on any atom is 0.184 e. The first-order valence-electron chi connectivity index (χ1n) is 17.0. The molecule has 0 saturated heterocycles. The predicted molar refractivity (Wildman–Crippen MR) is 210 cm³/mol. The van der Waals surface area contributed by atoms with Crippen LogP contribution < -0.4 is 4.90 Å². The zero-order valence-electron chi connectivity index (χ0n) is 28.1. The van der Waals surface area contributed by atoms with Crippen LogP contribution in [0.1, 0.15) is 30.5 Å². The highest BCUT2D eigenvalue weighted by molar-refractivity contribution is 6.35. The molecule has 0 unspecified atom stereocenters. The van der Waals surface area contributed by atoms with Gasteiger partial charge in [-0.2, -0.15) is 0 Å². The molecule has 0 atom stereocenters. The molecule has 0 saturated carbocycles. The molecule has 0 bridgehead atoms. The summed E-state index contributed by atoms with van der Waals surface area (Å²) in [6, 6.07) is 44.7. The molecule has 2 heteroatoms. The van der Waals surface area contributed by atoms with Crippen LogP contribution in [0.2, 0.25) is 0 Å². The van der Waals surface area contributed by atoms with Gasteiger partial charge in [-0.25, -0.2) is 0 Å². The number of hydrogen-bond donors (Lipinski definition) is 0. The molecule has 9 rings (SSSR count). The summed E-state index contributed by atoms with van der Waals surface area (Å²) in [6.07, 6.45) is 6.21. The van der Waals surface area contributed by atoms with E-state index in [0.29, 0.717) is 0 Å². The van der Waals surface area contributed by atoms with Crippen molar-refractivity contribution in [3.63, 3.8) is 0 Å². The highest BCUT2D eigenvalue weighted by Gasteiger charge is 2.22. The minimum Gasteiger partial charge on any atom is -0.309 e. The quantitative estimate of drug-likeness (QED) is 0.143. The highest BCUT2D eigenvalue weighted by Crippen LogP contribution is 2.47. The number of ketones is 1. The first-order valence-corrected chi connectivity index (χ1v) is 17.0. The average molecular weight is 630 g/mol. The Morgan fingerprint density at radius 2 is 1.00 bits per heavy atom. The molecule has 0 fully saturated rings. The lowest BCUT2D eigenvalue weighted by Gasteiger charge is -2.29. The van der Waals surface area contributed by atoms with Crippen LogP contribution in [0.15, 0.2) is 150 Å². The number of fused-ring (bicyclic) bond motifs is 3. The number of benzene rings is 8. The molecule has 0 aromatic heterocycles. The van der Waals surface area contributed by atoms with Crippen LogP contribution in [-0.4, -0.2) is 5.78 Å². The Bertz CT molecular complexity index is 2710. The van der Waals surface area contributed by atoms with Gasteiger partial charge in [0.25, 0.3) is 0 Å². The van der Waals surface area contributed by atoms with E-state index in [1.54, 1.807) is 0 Å². The fraction of sp³-hybridized carbons (Fsp3) is 0.0851. The molecule has 234 valence electrons. The Labute approximate surface area is 286 Å². The molecule has 8 aromatic rings. The third-order valence-electron chi connectivity index (χ3n) is 10.4. The second kappa shape index (κ2) is 11.0. The van der Waals surface area contributed by atoms with Crippen molar-refractivity contribution in [2.45, 2.75) is 27.7 Å². The first-order chi connectivity index (χ1) is 23.9. The van der Waals surface area contributed by atoms with E-state index in [0.717, 1.165) is 33.7 Å². The normalized spacial score (nSPS) is 13.6. The molecule has 2 nitrogen and oxygen atoms in total. The standard InChI is InChI=1S/C47H35NO/c1-28-15-19-34(20-16-28)48(43-23-17-29(2)35-9-5-6-10-37(35)43)44-24-22-41-40-21-18-33(27-32-25-30(3)47(49)31(4)26-32)36-11-7-12-38(45(36)40)39-13-8-14-42(44)46(39)41/h5-27H,1-4H3. The fourth-order valence-corrected chi connectivity index (χ4v) is 8.02. The maximum atomic E-state index is 12.4. The van der Waals surface area contributed by atoms with E-state index in [4.69, 9.17) is 0 Å². The van der Waals surface area contributed by atoms with Crippen molar-refractivity contribution in [1.82, 2.24) is 0 Å². The smallest absolute Gasteiger partial charge is 0.184 e.